The quantitative estimate of drug-likeness (QED) is 0.869. The van der Waals surface area contributed by atoms with Crippen LogP contribution < -0.4 is 5.06 Å². The van der Waals surface area contributed by atoms with E-state index in [1.54, 1.807) is 6.92 Å². The van der Waals surface area contributed by atoms with Gasteiger partial charge < -0.3 is 5.11 Å². The fourth-order valence-electron chi connectivity index (χ4n) is 2.53. The average molecular weight is 281 g/mol. The van der Waals surface area contributed by atoms with Crippen LogP contribution in [-0.4, -0.2) is 11.7 Å². The van der Waals surface area contributed by atoms with Crippen molar-refractivity contribution in [1.82, 2.24) is 0 Å². The Hall–Kier alpha value is -2.10. The van der Waals surface area contributed by atoms with Crippen LogP contribution >= 0.6 is 0 Å². The summed E-state index contributed by atoms with van der Waals surface area (Å²) in [7, 11) is 0. The summed E-state index contributed by atoms with van der Waals surface area (Å²) in [6.07, 6.45) is 3.55. The molecule has 0 saturated carbocycles. The van der Waals surface area contributed by atoms with Crippen molar-refractivity contribution >= 4 is 5.69 Å². The van der Waals surface area contributed by atoms with Gasteiger partial charge >= 0.3 is 0 Å². The maximum Gasteiger partial charge on any atom is 0.129 e. The number of hydrogen-bond acceptors (Lipinski definition) is 3. The summed E-state index contributed by atoms with van der Waals surface area (Å²) in [5, 5.41) is 11.8. The number of nitrogens with zero attached hydrogens (tertiary/aromatic N) is 1. The number of rotatable bonds is 3. The molecular formula is C18H19NO2. The molecule has 3 rings (SSSR count). The Kier molecular flexibility index (Phi) is 4.04. The van der Waals surface area contributed by atoms with Crippen LogP contribution in [0.25, 0.3) is 0 Å². The molecule has 0 aromatic heterocycles. The van der Waals surface area contributed by atoms with Crippen LogP contribution in [-0.2, 0) is 4.84 Å². The molecule has 1 aliphatic heterocycles. The van der Waals surface area contributed by atoms with Gasteiger partial charge in [0.15, 0.2) is 0 Å². The molecule has 0 saturated heterocycles. The van der Waals surface area contributed by atoms with Crippen molar-refractivity contribution < 1.29 is 9.94 Å². The summed E-state index contributed by atoms with van der Waals surface area (Å²) >= 11 is 0. The lowest BCUT2D eigenvalue weighted by molar-refractivity contribution is 0.0571. The van der Waals surface area contributed by atoms with E-state index >= 15 is 0 Å². The summed E-state index contributed by atoms with van der Waals surface area (Å²) < 4.78 is 0. The van der Waals surface area contributed by atoms with Gasteiger partial charge in [-0.2, -0.15) is 0 Å². The van der Waals surface area contributed by atoms with Crippen molar-refractivity contribution in [2.75, 3.05) is 11.6 Å². The van der Waals surface area contributed by atoms with Crippen molar-refractivity contribution in [3.8, 4) is 0 Å². The van der Waals surface area contributed by atoms with Crippen LogP contribution in [0.4, 0.5) is 5.69 Å². The summed E-state index contributed by atoms with van der Waals surface area (Å²) in [6.45, 7) is 2.44. The van der Waals surface area contributed by atoms with Crippen molar-refractivity contribution in [1.29, 1.82) is 0 Å². The number of anilines is 1. The Labute approximate surface area is 125 Å². The molecule has 0 fully saturated rings. The Morgan fingerprint density at radius 3 is 2.57 bits per heavy atom. The van der Waals surface area contributed by atoms with Crippen molar-refractivity contribution in [2.24, 2.45) is 0 Å². The van der Waals surface area contributed by atoms with E-state index in [4.69, 9.17) is 4.84 Å². The minimum atomic E-state index is -0.522. The normalized spacial score (nSPS) is 19.5. The van der Waals surface area contributed by atoms with Crippen LogP contribution in [0.1, 0.15) is 30.3 Å². The SMILES string of the molecule is C[C@H](O)c1ccccc1N1CC=C[C@H](c2ccccc2)O1. The van der Waals surface area contributed by atoms with E-state index in [0.717, 1.165) is 16.8 Å². The van der Waals surface area contributed by atoms with Gasteiger partial charge in [0.2, 0.25) is 0 Å². The molecule has 108 valence electrons. The molecular weight excluding hydrogens is 262 g/mol. The highest BCUT2D eigenvalue weighted by atomic mass is 16.7. The highest BCUT2D eigenvalue weighted by Gasteiger charge is 2.21. The lowest BCUT2D eigenvalue weighted by atomic mass is 10.1. The number of para-hydroxylation sites is 1. The predicted molar refractivity (Wildman–Crippen MR) is 83.8 cm³/mol. The van der Waals surface area contributed by atoms with E-state index in [-0.39, 0.29) is 6.10 Å². The second-order valence-electron chi connectivity index (χ2n) is 5.16. The number of aliphatic hydroxyl groups is 1. The molecule has 2 aromatic carbocycles. The zero-order chi connectivity index (χ0) is 14.7. The molecule has 2 atom stereocenters. The highest BCUT2D eigenvalue weighted by molar-refractivity contribution is 5.53. The summed E-state index contributed by atoms with van der Waals surface area (Å²) in [5.41, 5.74) is 2.91. The highest BCUT2D eigenvalue weighted by Crippen LogP contribution is 2.31. The molecule has 0 unspecified atom stereocenters. The van der Waals surface area contributed by atoms with E-state index in [0.29, 0.717) is 6.54 Å². The molecule has 2 aromatic rings. The van der Waals surface area contributed by atoms with Gasteiger partial charge in [-0.05, 0) is 18.6 Å². The zero-order valence-corrected chi connectivity index (χ0v) is 12.0. The standard InChI is InChI=1S/C18H19NO2/c1-14(20)16-10-5-6-11-17(16)19-13-7-12-18(21-19)15-8-3-2-4-9-15/h2-12,14,18,20H,13H2,1H3/t14-,18+/m0/s1. The van der Waals surface area contributed by atoms with E-state index in [1.165, 1.54) is 0 Å². The van der Waals surface area contributed by atoms with Crippen LogP contribution in [0.2, 0.25) is 0 Å². The van der Waals surface area contributed by atoms with E-state index in [9.17, 15) is 5.11 Å². The second-order valence-corrected chi connectivity index (χ2v) is 5.16. The third-order valence-electron chi connectivity index (χ3n) is 3.61. The third-order valence-corrected chi connectivity index (χ3v) is 3.61. The van der Waals surface area contributed by atoms with Crippen LogP contribution in [0.5, 0.6) is 0 Å². The fraction of sp³-hybridized carbons (Fsp3) is 0.222. The molecule has 1 heterocycles. The number of aliphatic hydroxyl groups excluding tert-OH is 1. The van der Waals surface area contributed by atoms with Gasteiger partial charge in [0.1, 0.15) is 6.10 Å². The monoisotopic (exact) mass is 281 g/mol. The molecule has 0 bridgehead atoms. The van der Waals surface area contributed by atoms with Crippen LogP contribution in [0.15, 0.2) is 66.7 Å². The summed E-state index contributed by atoms with van der Waals surface area (Å²) in [4.78, 5) is 6.08. The van der Waals surface area contributed by atoms with Gasteiger partial charge in [0, 0.05) is 5.56 Å². The molecule has 3 nitrogen and oxygen atoms in total. The van der Waals surface area contributed by atoms with Gasteiger partial charge in [-0.25, -0.2) is 5.06 Å². The zero-order valence-electron chi connectivity index (χ0n) is 12.0. The fourth-order valence-corrected chi connectivity index (χ4v) is 2.53. The second kappa shape index (κ2) is 6.12. The number of hydroxylamine groups is 1. The van der Waals surface area contributed by atoms with Gasteiger partial charge in [-0.1, -0.05) is 60.7 Å². The van der Waals surface area contributed by atoms with Crippen molar-refractivity contribution in [3.63, 3.8) is 0 Å². The first kappa shape index (κ1) is 13.9. The lowest BCUT2D eigenvalue weighted by Crippen LogP contribution is -2.30. The largest absolute Gasteiger partial charge is 0.389 e. The van der Waals surface area contributed by atoms with Crippen molar-refractivity contribution in [2.45, 2.75) is 19.1 Å². The first-order chi connectivity index (χ1) is 10.3. The topological polar surface area (TPSA) is 32.7 Å². The first-order valence-corrected chi connectivity index (χ1v) is 7.18. The molecule has 0 aliphatic carbocycles. The molecule has 0 spiro atoms. The van der Waals surface area contributed by atoms with E-state index in [1.807, 2.05) is 47.5 Å². The summed E-state index contributed by atoms with van der Waals surface area (Å²) in [5.74, 6) is 0. The smallest absolute Gasteiger partial charge is 0.129 e. The van der Waals surface area contributed by atoms with Gasteiger partial charge in [0.25, 0.3) is 0 Å². The molecule has 21 heavy (non-hydrogen) atoms. The minimum absolute atomic E-state index is 0.0954. The molecule has 1 aliphatic rings. The molecule has 3 heteroatoms. The maximum atomic E-state index is 9.92. The maximum absolute atomic E-state index is 9.92. The Morgan fingerprint density at radius 1 is 1.10 bits per heavy atom. The lowest BCUT2D eigenvalue weighted by Gasteiger charge is -2.32. The Balaban J connectivity index is 1.87. The van der Waals surface area contributed by atoms with Gasteiger partial charge in [0.05, 0.1) is 18.3 Å². The Morgan fingerprint density at radius 2 is 1.81 bits per heavy atom. The van der Waals surface area contributed by atoms with Crippen molar-refractivity contribution in [3.05, 3.63) is 77.9 Å². The van der Waals surface area contributed by atoms with E-state index in [2.05, 4.69) is 24.3 Å². The Bertz CT molecular complexity index is 622. The average Bonchev–Trinajstić information content (AvgIpc) is 2.56. The minimum Gasteiger partial charge on any atom is -0.389 e. The predicted octanol–water partition coefficient (Wildman–Crippen LogP) is 3.79. The van der Waals surface area contributed by atoms with Crippen LogP contribution in [0, 0.1) is 0 Å². The summed E-state index contributed by atoms with van der Waals surface area (Å²) in [6, 6.07) is 17.9. The number of benzene rings is 2. The third kappa shape index (κ3) is 2.99. The molecule has 1 N–H and O–H groups in total. The van der Waals surface area contributed by atoms with Gasteiger partial charge in [-0.15, -0.1) is 0 Å². The molecule has 0 amide bonds. The number of hydrogen-bond donors (Lipinski definition) is 1. The van der Waals surface area contributed by atoms with Crippen LogP contribution in [0.3, 0.4) is 0 Å². The van der Waals surface area contributed by atoms with Gasteiger partial charge in [-0.3, -0.25) is 4.84 Å². The molecule has 0 radical (unpaired) electrons. The first-order valence-electron chi connectivity index (χ1n) is 7.18. The van der Waals surface area contributed by atoms with E-state index < -0.39 is 6.10 Å².